The van der Waals surface area contributed by atoms with Crippen molar-refractivity contribution in [2.24, 2.45) is 0 Å². The SMILES string of the molecule is CCCOCCOc1cc(C#CCO)ccc1F. The molecule has 0 heterocycles. The molecule has 4 heteroatoms. The molecule has 0 bridgehead atoms. The van der Waals surface area contributed by atoms with E-state index in [0.29, 0.717) is 25.4 Å². The van der Waals surface area contributed by atoms with E-state index in [9.17, 15) is 4.39 Å². The van der Waals surface area contributed by atoms with Crippen molar-refractivity contribution in [1.29, 1.82) is 0 Å². The highest BCUT2D eigenvalue weighted by atomic mass is 19.1. The summed E-state index contributed by atoms with van der Waals surface area (Å²) in [6.45, 7) is 3.20. The molecule has 0 saturated heterocycles. The summed E-state index contributed by atoms with van der Waals surface area (Å²) in [5.74, 6) is 4.91. The highest BCUT2D eigenvalue weighted by Crippen LogP contribution is 2.18. The maximum Gasteiger partial charge on any atom is 0.165 e. The first kappa shape index (κ1) is 14.5. The second kappa shape index (κ2) is 8.51. The highest BCUT2D eigenvalue weighted by molar-refractivity contribution is 5.40. The Kier molecular flexibility index (Phi) is 6.85. The molecule has 1 aromatic rings. The number of aliphatic hydroxyl groups excluding tert-OH is 1. The molecule has 0 aliphatic carbocycles. The molecule has 1 N–H and O–H groups in total. The normalized spacial score (nSPS) is 9.72. The fourth-order valence-corrected chi connectivity index (χ4v) is 1.29. The van der Waals surface area contributed by atoms with Gasteiger partial charge in [0.25, 0.3) is 0 Å². The lowest BCUT2D eigenvalue weighted by molar-refractivity contribution is 0.0992. The van der Waals surface area contributed by atoms with Crippen LogP contribution in [0.1, 0.15) is 18.9 Å². The number of rotatable bonds is 6. The standard InChI is InChI=1S/C14H17FO3/c1-2-8-17-9-10-18-14-11-12(4-3-7-16)5-6-13(14)15/h5-6,11,16H,2,7-10H2,1H3. The Labute approximate surface area is 107 Å². The van der Waals surface area contributed by atoms with Gasteiger partial charge in [-0.3, -0.25) is 0 Å². The molecule has 0 aliphatic heterocycles. The van der Waals surface area contributed by atoms with Crippen LogP contribution >= 0.6 is 0 Å². The van der Waals surface area contributed by atoms with Crippen LogP contribution in [0.15, 0.2) is 18.2 Å². The van der Waals surface area contributed by atoms with Gasteiger partial charge in [0.1, 0.15) is 13.2 Å². The highest BCUT2D eigenvalue weighted by Gasteiger charge is 2.03. The molecule has 98 valence electrons. The molecule has 0 spiro atoms. The minimum atomic E-state index is -0.431. The number of ether oxygens (including phenoxy) is 2. The van der Waals surface area contributed by atoms with Gasteiger partial charge in [0.2, 0.25) is 0 Å². The fraction of sp³-hybridized carbons (Fsp3) is 0.429. The van der Waals surface area contributed by atoms with Crippen molar-refractivity contribution in [3.05, 3.63) is 29.6 Å². The summed E-state index contributed by atoms with van der Waals surface area (Å²) in [5.41, 5.74) is 0.606. The predicted octanol–water partition coefficient (Wildman–Crippen LogP) is 1.97. The van der Waals surface area contributed by atoms with E-state index in [-0.39, 0.29) is 12.4 Å². The van der Waals surface area contributed by atoms with Crippen LogP contribution in [-0.4, -0.2) is 31.5 Å². The Balaban J connectivity index is 2.53. The topological polar surface area (TPSA) is 38.7 Å². The fourth-order valence-electron chi connectivity index (χ4n) is 1.29. The van der Waals surface area contributed by atoms with Crippen molar-refractivity contribution in [3.8, 4) is 17.6 Å². The Morgan fingerprint density at radius 3 is 2.83 bits per heavy atom. The zero-order valence-corrected chi connectivity index (χ0v) is 10.4. The maximum absolute atomic E-state index is 13.4. The average molecular weight is 252 g/mol. The summed E-state index contributed by atoms with van der Waals surface area (Å²) in [6, 6.07) is 4.35. The molecule has 3 nitrogen and oxygen atoms in total. The summed E-state index contributed by atoms with van der Waals surface area (Å²) in [4.78, 5) is 0. The molecule has 1 aromatic carbocycles. The lowest BCUT2D eigenvalue weighted by atomic mass is 10.2. The zero-order valence-electron chi connectivity index (χ0n) is 10.4. The minimum Gasteiger partial charge on any atom is -0.488 e. The van der Waals surface area contributed by atoms with Crippen LogP contribution in [0.5, 0.6) is 5.75 Å². The lowest BCUT2D eigenvalue weighted by Gasteiger charge is -2.07. The van der Waals surface area contributed by atoms with Crippen molar-refractivity contribution in [1.82, 2.24) is 0 Å². The van der Waals surface area contributed by atoms with Crippen molar-refractivity contribution in [2.75, 3.05) is 26.4 Å². The van der Waals surface area contributed by atoms with Crippen LogP contribution in [-0.2, 0) is 4.74 Å². The molecular weight excluding hydrogens is 235 g/mol. The van der Waals surface area contributed by atoms with E-state index >= 15 is 0 Å². The predicted molar refractivity (Wildman–Crippen MR) is 67.0 cm³/mol. The second-order valence-corrected chi connectivity index (χ2v) is 3.57. The first-order chi connectivity index (χ1) is 8.77. The Morgan fingerprint density at radius 2 is 2.11 bits per heavy atom. The van der Waals surface area contributed by atoms with Crippen molar-refractivity contribution < 1.29 is 19.0 Å². The molecule has 0 aliphatic rings. The minimum absolute atomic E-state index is 0.153. The van der Waals surface area contributed by atoms with E-state index in [2.05, 4.69) is 11.8 Å². The smallest absolute Gasteiger partial charge is 0.165 e. The summed E-state index contributed by atoms with van der Waals surface area (Å²) in [7, 11) is 0. The van der Waals surface area contributed by atoms with E-state index in [1.807, 2.05) is 6.92 Å². The van der Waals surface area contributed by atoms with Gasteiger partial charge in [-0.15, -0.1) is 0 Å². The number of hydrogen-bond acceptors (Lipinski definition) is 3. The molecule has 1 rings (SSSR count). The van der Waals surface area contributed by atoms with Gasteiger partial charge < -0.3 is 14.6 Å². The van der Waals surface area contributed by atoms with Crippen LogP contribution in [0.3, 0.4) is 0 Å². The summed E-state index contributed by atoms with van der Waals surface area (Å²) in [6.07, 6.45) is 0.945. The van der Waals surface area contributed by atoms with Crippen LogP contribution in [0.25, 0.3) is 0 Å². The molecule has 0 unspecified atom stereocenters. The Bertz CT molecular complexity index is 421. The van der Waals surface area contributed by atoms with Gasteiger partial charge in [-0.25, -0.2) is 4.39 Å². The van der Waals surface area contributed by atoms with Crippen molar-refractivity contribution in [3.63, 3.8) is 0 Å². The number of aliphatic hydroxyl groups is 1. The van der Waals surface area contributed by atoms with Crippen LogP contribution < -0.4 is 4.74 Å². The van der Waals surface area contributed by atoms with Crippen molar-refractivity contribution >= 4 is 0 Å². The van der Waals surface area contributed by atoms with E-state index < -0.39 is 5.82 Å². The first-order valence-electron chi connectivity index (χ1n) is 5.87. The van der Waals surface area contributed by atoms with Gasteiger partial charge >= 0.3 is 0 Å². The van der Waals surface area contributed by atoms with Crippen LogP contribution in [0, 0.1) is 17.7 Å². The molecule has 0 amide bonds. The molecule has 0 saturated carbocycles. The number of hydrogen-bond donors (Lipinski definition) is 1. The van der Waals surface area contributed by atoms with E-state index in [4.69, 9.17) is 14.6 Å². The third kappa shape index (κ3) is 5.17. The van der Waals surface area contributed by atoms with Gasteiger partial charge in [-0.05, 0) is 24.6 Å². The third-order valence-electron chi connectivity index (χ3n) is 2.08. The van der Waals surface area contributed by atoms with E-state index in [0.717, 1.165) is 6.42 Å². The third-order valence-corrected chi connectivity index (χ3v) is 2.08. The molecule has 0 radical (unpaired) electrons. The number of halogens is 1. The molecule has 0 fully saturated rings. The Morgan fingerprint density at radius 1 is 1.28 bits per heavy atom. The van der Waals surface area contributed by atoms with Gasteiger partial charge in [0, 0.05) is 12.2 Å². The average Bonchev–Trinajstić information content (AvgIpc) is 2.39. The number of benzene rings is 1. The van der Waals surface area contributed by atoms with E-state index in [1.54, 1.807) is 6.07 Å². The molecular formula is C14H17FO3. The quantitative estimate of drug-likeness (QED) is 0.621. The van der Waals surface area contributed by atoms with Gasteiger partial charge in [-0.2, -0.15) is 0 Å². The van der Waals surface area contributed by atoms with Crippen LogP contribution in [0.4, 0.5) is 4.39 Å². The van der Waals surface area contributed by atoms with Gasteiger partial charge in [-0.1, -0.05) is 18.8 Å². The first-order valence-corrected chi connectivity index (χ1v) is 5.87. The molecule has 0 aromatic heterocycles. The zero-order chi connectivity index (χ0) is 13.2. The van der Waals surface area contributed by atoms with Crippen molar-refractivity contribution in [2.45, 2.75) is 13.3 Å². The van der Waals surface area contributed by atoms with E-state index in [1.165, 1.54) is 12.1 Å². The summed E-state index contributed by atoms with van der Waals surface area (Å²) >= 11 is 0. The lowest BCUT2D eigenvalue weighted by Crippen LogP contribution is -2.08. The molecule has 18 heavy (non-hydrogen) atoms. The van der Waals surface area contributed by atoms with Gasteiger partial charge in [0.05, 0.1) is 6.61 Å². The Hall–Kier alpha value is -1.57. The molecule has 0 atom stereocenters. The summed E-state index contributed by atoms with van der Waals surface area (Å²) in [5, 5.41) is 8.58. The summed E-state index contributed by atoms with van der Waals surface area (Å²) < 4.78 is 23.9. The monoisotopic (exact) mass is 252 g/mol. The largest absolute Gasteiger partial charge is 0.488 e. The van der Waals surface area contributed by atoms with Crippen LogP contribution in [0.2, 0.25) is 0 Å². The maximum atomic E-state index is 13.4. The second-order valence-electron chi connectivity index (χ2n) is 3.57. The van der Waals surface area contributed by atoms with Gasteiger partial charge in [0.15, 0.2) is 11.6 Å².